The van der Waals surface area contributed by atoms with Crippen LogP contribution < -0.4 is 5.43 Å². The van der Waals surface area contributed by atoms with Crippen molar-refractivity contribution < 1.29 is 0 Å². The molecule has 4 heteroatoms. The lowest BCUT2D eigenvalue weighted by Crippen LogP contribution is -2.13. The van der Waals surface area contributed by atoms with Crippen molar-refractivity contribution in [1.82, 2.24) is 0 Å². The number of anilines is 1. The maximum Gasteiger partial charge on any atom is 0.101 e. The molecule has 1 N–H and O–H groups in total. The lowest BCUT2D eigenvalue weighted by molar-refractivity contribution is 0.590. The number of benzene rings is 3. The van der Waals surface area contributed by atoms with E-state index in [1.165, 1.54) is 0 Å². The number of hydrazone groups is 1. The maximum atomic E-state index is 9.62. The van der Waals surface area contributed by atoms with Gasteiger partial charge in [0.2, 0.25) is 0 Å². The van der Waals surface area contributed by atoms with Crippen LogP contribution in [0.1, 0.15) is 43.0 Å². The average Bonchev–Trinajstić information content (AvgIpc) is 2.69. The van der Waals surface area contributed by atoms with Crippen LogP contribution in [0, 0.1) is 11.3 Å². The summed E-state index contributed by atoms with van der Waals surface area (Å²) in [6.45, 7) is 6.22. The smallest absolute Gasteiger partial charge is 0.101 e. The molecule has 3 nitrogen and oxygen atoms in total. The molecule has 0 saturated carbocycles. The SMILES string of the molecule is CC(C)(C)c1cc(C#N)c(NN=C(c2ccccc2)c2ccccc2)cc1Cl. The predicted octanol–water partition coefficient (Wildman–Crippen LogP) is 6.37. The third kappa shape index (κ3) is 4.42. The molecule has 0 radical (unpaired) electrons. The number of rotatable bonds is 4. The van der Waals surface area contributed by atoms with Gasteiger partial charge in [-0.25, -0.2) is 0 Å². The second kappa shape index (κ2) is 8.29. The van der Waals surface area contributed by atoms with E-state index in [0.717, 1.165) is 22.4 Å². The number of hydrogen-bond acceptors (Lipinski definition) is 3. The molecule has 0 aromatic heterocycles. The monoisotopic (exact) mass is 387 g/mol. The molecule has 0 fully saturated rings. The van der Waals surface area contributed by atoms with Gasteiger partial charge in [-0.3, -0.25) is 5.43 Å². The summed E-state index contributed by atoms with van der Waals surface area (Å²) < 4.78 is 0. The van der Waals surface area contributed by atoms with Crippen molar-refractivity contribution in [1.29, 1.82) is 5.26 Å². The molecule has 3 aromatic carbocycles. The Hall–Kier alpha value is -3.09. The highest BCUT2D eigenvalue weighted by molar-refractivity contribution is 6.31. The number of halogens is 1. The van der Waals surface area contributed by atoms with Crippen LogP contribution in [-0.4, -0.2) is 5.71 Å². The maximum absolute atomic E-state index is 9.62. The quantitative estimate of drug-likeness (QED) is 0.417. The zero-order chi connectivity index (χ0) is 20.1. The van der Waals surface area contributed by atoms with Crippen LogP contribution in [0.3, 0.4) is 0 Å². The minimum atomic E-state index is -0.149. The van der Waals surface area contributed by atoms with Crippen LogP contribution >= 0.6 is 11.6 Å². The highest BCUT2D eigenvalue weighted by Gasteiger charge is 2.20. The summed E-state index contributed by atoms with van der Waals surface area (Å²) in [6.07, 6.45) is 0. The summed E-state index contributed by atoms with van der Waals surface area (Å²) in [4.78, 5) is 0. The van der Waals surface area contributed by atoms with Crippen molar-refractivity contribution in [3.63, 3.8) is 0 Å². The molecule has 0 atom stereocenters. The van der Waals surface area contributed by atoms with E-state index in [-0.39, 0.29) is 5.41 Å². The Morgan fingerprint density at radius 1 is 0.929 bits per heavy atom. The van der Waals surface area contributed by atoms with Crippen LogP contribution in [-0.2, 0) is 5.41 Å². The van der Waals surface area contributed by atoms with Gasteiger partial charge < -0.3 is 0 Å². The molecule has 0 bridgehead atoms. The number of hydrogen-bond donors (Lipinski definition) is 1. The Bertz CT molecular complexity index is 986. The fourth-order valence-corrected chi connectivity index (χ4v) is 3.38. The highest BCUT2D eigenvalue weighted by Crippen LogP contribution is 2.33. The Labute approximate surface area is 171 Å². The molecule has 0 aliphatic carbocycles. The summed E-state index contributed by atoms with van der Waals surface area (Å²) in [6, 6.07) is 25.7. The van der Waals surface area contributed by atoms with E-state index in [1.54, 1.807) is 6.07 Å². The fraction of sp³-hybridized carbons (Fsp3) is 0.167. The molecular formula is C24H22ClN3. The van der Waals surface area contributed by atoms with Gasteiger partial charge in [0.1, 0.15) is 6.07 Å². The molecule has 0 aliphatic rings. The lowest BCUT2D eigenvalue weighted by Gasteiger charge is -2.21. The van der Waals surface area contributed by atoms with Crippen molar-refractivity contribution in [3.8, 4) is 6.07 Å². The summed E-state index contributed by atoms with van der Waals surface area (Å²) >= 11 is 6.49. The van der Waals surface area contributed by atoms with Crippen molar-refractivity contribution in [2.45, 2.75) is 26.2 Å². The van der Waals surface area contributed by atoms with Gasteiger partial charge in [0, 0.05) is 16.1 Å². The molecule has 0 amide bonds. The first-order valence-electron chi connectivity index (χ1n) is 9.09. The van der Waals surface area contributed by atoms with E-state index in [4.69, 9.17) is 11.6 Å². The van der Waals surface area contributed by atoms with Gasteiger partial charge in [-0.15, -0.1) is 0 Å². The summed E-state index contributed by atoms with van der Waals surface area (Å²) in [5, 5.41) is 14.9. The number of nitrogens with zero attached hydrogens (tertiary/aromatic N) is 2. The zero-order valence-corrected chi connectivity index (χ0v) is 17.0. The second-order valence-electron chi connectivity index (χ2n) is 7.54. The molecule has 3 rings (SSSR count). The molecule has 0 spiro atoms. The largest absolute Gasteiger partial charge is 0.276 e. The van der Waals surface area contributed by atoms with Gasteiger partial charge in [-0.1, -0.05) is 93.0 Å². The third-order valence-electron chi connectivity index (χ3n) is 4.42. The Morgan fingerprint density at radius 2 is 1.46 bits per heavy atom. The molecule has 0 heterocycles. The van der Waals surface area contributed by atoms with Crippen LogP contribution in [0.2, 0.25) is 5.02 Å². The molecule has 3 aromatic rings. The minimum Gasteiger partial charge on any atom is -0.276 e. The molecule has 28 heavy (non-hydrogen) atoms. The van der Waals surface area contributed by atoms with E-state index in [9.17, 15) is 5.26 Å². The fourth-order valence-electron chi connectivity index (χ4n) is 2.94. The zero-order valence-electron chi connectivity index (χ0n) is 16.2. The highest BCUT2D eigenvalue weighted by atomic mass is 35.5. The first-order chi connectivity index (χ1) is 13.4. The molecular weight excluding hydrogens is 366 g/mol. The standard InChI is InChI=1S/C24H22ClN3/c1-24(2,3)20-14-19(16-26)22(15-21(20)25)27-28-23(17-10-6-4-7-11-17)18-12-8-5-9-13-18/h4-15,27H,1-3H3. The Morgan fingerprint density at radius 3 is 1.93 bits per heavy atom. The Balaban J connectivity index is 2.05. The normalized spacial score (nSPS) is 10.8. The summed E-state index contributed by atoms with van der Waals surface area (Å²) in [5.41, 5.74) is 7.71. The number of nitrogens with one attached hydrogen (secondary N) is 1. The van der Waals surface area contributed by atoms with E-state index in [2.05, 4.69) is 37.4 Å². The lowest BCUT2D eigenvalue weighted by atomic mass is 9.86. The van der Waals surface area contributed by atoms with E-state index < -0.39 is 0 Å². The van der Waals surface area contributed by atoms with Gasteiger partial charge in [0.15, 0.2) is 0 Å². The molecule has 0 saturated heterocycles. The van der Waals surface area contributed by atoms with Crippen molar-refractivity contribution >= 4 is 23.0 Å². The van der Waals surface area contributed by atoms with E-state index in [0.29, 0.717) is 16.3 Å². The van der Waals surface area contributed by atoms with Crippen LogP contribution in [0.15, 0.2) is 77.9 Å². The van der Waals surface area contributed by atoms with E-state index in [1.807, 2.05) is 66.7 Å². The predicted molar refractivity (Wildman–Crippen MR) is 117 cm³/mol. The topological polar surface area (TPSA) is 48.2 Å². The van der Waals surface area contributed by atoms with Crippen LogP contribution in [0.5, 0.6) is 0 Å². The van der Waals surface area contributed by atoms with Crippen LogP contribution in [0.25, 0.3) is 0 Å². The van der Waals surface area contributed by atoms with Gasteiger partial charge in [0.25, 0.3) is 0 Å². The van der Waals surface area contributed by atoms with Crippen molar-refractivity contribution in [3.05, 3.63) is 100 Å². The first kappa shape index (κ1) is 19.7. The van der Waals surface area contributed by atoms with Crippen molar-refractivity contribution in [2.24, 2.45) is 5.10 Å². The molecule has 0 aliphatic heterocycles. The van der Waals surface area contributed by atoms with Gasteiger partial charge in [-0.05, 0) is 23.1 Å². The third-order valence-corrected chi connectivity index (χ3v) is 4.73. The number of nitriles is 1. The second-order valence-corrected chi connectivity index (χ2v) is 7.95. The summed E-state index contributed by atoms with van der Waals surface area (Å²) in [7, 11) is 0. The van der Waals surface area contributed by atoms with Crippen molar-refractivity contribution in [2.75, 3.05) is 5.43 Å². The average molecular weight is 388 g/mol. The van der Waals surface area contributed by atoms with Gasteiger partial charge in [0.05, 0.1) is 17.0 Å². The van der Waals surface area contributed by atoms with Gasteiger partial charge >= 0.3 is 0 Å². The Kier molecular flexibility index (Phi) is 5.82. The van der Waals surface area contributed by atoms with E-state index >= 15 is 0 Å². The van der Waals surface area contributed by atoms with Gasteiger partial charge in [-0.2, -0.15) is 10.4 Å². The minimum absolute atomic E-state index is 0.149. The van der Waals surface area contributed by atoms with Crippen LogP contribution in [0.4, 0.5) is 5.69 Å². The first-order valence-corrected chi connectivity index (χ1v) is 9.46. The molecule has 140 valence electrons. The molecule has 0 unspecified atom stereocenters. The summed E-state index contributed by atoms with van der Waals surface area (Å²) in [5.74, 6) is 0.